The number of ether oxygens (including phenoxy) is 2. The molecule has 1 aliphatic carbocycles. The summed E-state index contributed by atoms with van der Waals surface area (Å²) in [7, 11) is 0. The maximum atomic E-state index is 13.3. The van der Waals surface area contributed by atoms with E-state index < -0.39 is 17.8 Å². The lowest BCUT2D eigenvalue weighted by Crippen LogP contribution is -2.23. The van der Waals surface area contributed by atoms with Crippen molar-refractivity contribution in [3.63, 3.8) is 0 Å². The molecular formula is C18H16F3N3O3. The standard InChI is InChI=1S/C18H16F3N3O3/c19-18(20,21)16-11-3-1-2-4-12(11)22-17(24-16)23-15(25)8-10-5-6-13-14(7-10)27-9-26-13/h5-7H,1-4,8-9H2,(H,22,23,24,25). The van der Waals surface area contributed by atoms with Gasteiger partial charge in [-0.2, -0.15) is 13.2 Å². The molecule has 1 amide bonds. The highest BCUT2D eigenvalue weighted by Gasteiger charge is 2.38. The Morgan fingerprint density at radius 3 is 2.70 bits per heavy atom. The number of nitrogens with zero attached hydrogens (tertiary/aromatic N) is 2. The zero-order valence-corrected chi connectivity index (χ0v) is 14.2. The number of hydrogen-bond donors (Lipinski definition) is 1. The van der Waals surface area contributed by atoms with Crippen LogP contribution in [0.15, 0.2) is 18.2 Å². The number of aromatic nitrogens is 2. The van der Waals surface area contributed by atoms with Crippen LogP contribution in [0.25, 0.3) is 0 Å². The number of hydrogen-bond acceptors (Lipinski definition) is 5. The first-order valence-corrected chi connectivity index (χ1v) is 8.55. The fourth-order valence-corrected chi connectivity index (χ4v) is 3.29. The summed E-state index contributed by atoms with van der Waals surface area (Å²) < 4.78 is 50.5. The normalized spacial score (nSPS) is 15.4. The molecule has 2 aliphatic rings. The third-order valence-electron chi connectivity index (χ3n) is 4.50. The quantitative estimate of drug-likeness (QED) is 0.886. The number of carbonyl (C=O) groups is 1. The van der Waals surface area contributed by atoms with Crippen molar-refractivity contribution >= 4 is 11.9 Å². The summed E-state index contributed by atoms with van der Waals surface area (Å²) in [5, 5.41) is 2.39. The van der Waals surface area contributed by atoms with Crippen LogP contribution in [0.1, 0.15) is 35.4 Å². The smallest absolute Gasteiger partial charge is 0.433 e. The van der Waals surface area contributed by atoms with Crippen LogP contribution in [0.5, 0.6) is 11.5 Å². The van der Waals surface area contributed by atoms with E-state index in [0.29, 0.717) is 42.0 Å². The van der Waals surface area contributed by atoms with E-state index in [0.717, 1.165) is 6.42 Å². The van der Waals surface area contributed by atoms with Gasteiger partial charge in [-0.15, -0.1) is 0 Å². The molecule has 27 heavy (non-hydrogen) atoms. The van der Waals surface area contributed by atoms with Crippen molar-refractivity contribution in [1.29, 1.82) is 0 Å². The minimum atomic E-state index is -4.58. The molecule has 0 saturated carbocycles. The van der Waals surface area contributed by atoms with Crippen LogP contribution in [0.4, 0.5) is 19.1 Å². The third kappa shape index (κ3) is 3.67. The summed E-state index contributed by atoms with van der Waals surface area (Å²) in [5.41, 5.74) is 0.195. The van der Waals surface area contributed by atoms with Gasteiger partial charge in [0.05, 0.1) is 6.42 Å². The van der Waals surface area contributed by atoms with E-state index in [4.69, 9.17) is 9.47 Å². The molecule has 1 N–H and O–H groups in total. The van der Waals surface area contributed by atoms with Gasteiger partial charge in [-0.1, -0.05) is 6.07 Å². The summed E-state index contributed by atoms with van der Waals surface area (Å²) in [6.45, 7) is 0.119. The number of benzene rings is 1. The van der Waals surface area contributed by atoms with E-state index in [2.05, 4.69) is 15.3 Å². The SMILES string of the molecule is O=C(Cc1ccc2c(c1)OCO2)Nc1nc2c(c(C(F)(F)F)n1)CCCC2. The lowest BCUT2D eigenvalue weighted by atomic mass is 9.94. The van der Waals surface area contributed by atoms with E-state index in [1.54, 1.807) is 18.2 Å². The molecular weight excluding hydrogens is 363 g/mol. The van der Waals surface area contributed by atoms with Gasteiger partial charge >= 0.3 is 6.18 Å². The van der Waals surface area contributed by atoms with Crippen LogP contribution < -0.4 is 14.8 Å². The Morgan fingerprint density at radius 2 is 1.89 bits per heavy atom. The molecule has 6 nitrogen and oxygen atoms in total. The van der Waals surface area contributed by atoms with Crippen molar-refractivity contribution in [3.05, 3.63) is 40.7 Å². The van der Waals surface area contributed by atoms with Crippen LogP contribution in [-0.2, 0) is 30.2 Å². The van der Waals surface area contributed by atoms with Gasteiger partial charge in [0.1, 0.15) is 0 Å². The predicted octanol–water partition coefficient (Wildman–Crippen LogP) is 3.28. The summed E-state index contributed by atoms with van der Waals surface area (Å²) >= 11 is 0. The van der Waals surface area contributed by atoms with Crippen molar-refractivity contribution < 1.29 is 27.4 Å². The molecule has 9 heteroatoms. The number of aryl methyl sites for hydroxylation is 1. The van der Waals surface area contributed by atoms with E-state index in [9.17, 15) is 18.0 Å². The molecule has 0 radical (unpaired) electrons. The fourth-order valence-electron chi connectivity index (χ4n) is 3.29. The first-order chi connectivity index (χ1) is 12.9. The average Bonchev–Trinajstić information content (AvgIpc) is 3.08. The molecule has 1 aliphatic heterocycles. The molecule has 0 fully saturated rings. The molecule has 0 atom stereocenters. The largest absolute Gasteiger partial charge is 0.454 e. The number of alkyl halides is 3. The topological polar surface area (TPSA) is 73.3 Å². The molecule has 4 rings (SSSR count). The molecule has 2 heterocycles. The minimum absolute atomic E-state index is 0.0432. The van der Waals surface area contributed by atoms with Gasteiger partial charge in [0, 0.05) is 11.3 Å². The van der Waals surface area contributed by atoms with Crippen LogP contribution >= 0.6 is 0 Å². The lowest BCUT2D eigenvalue weighted by Gasteiger charge is -2.20. The Hall–Kier alpha value is -2.84. The first-order valence-electron chi connectivity index (χ1n) is 8.55. The zero-order chi connectivity index (χ0) is 19.0. The molecule has 0 saturated heterocycles. The van der Waals surface area contributed by atoms with E-state index in [-0.39, 0.29) is 24.7 Å². The maximum Gasteiger partial charge on any atom is 0.433 e. The van der Waals surface area contributed by atoms with Crippen LogP contribution in [0.2, 0.25) is 0 Å². The Labute approximate surface area is 152 Å². The van der Waals surface area contributed by atoms with Gasteiger partial charge in [-0.05, 0) is 43.4 Å². The van der Waals surface area contributed by atoms with Crippen molar-refractivity contribution in [2.75, 3.05) is 12.1 Å². The Bertz CT molecular complexity index is 899. The van der Waals surface area contributed by atoms with E-state index in [1.807, 2.05) is 0 Å². The fraction of sp³-hybridized carbons (Fsp3) is 0.389. The number of anilines is 1. The van der Waals surface area contributed by atoms with Gasteiger partial charge in [-0.25, -0.2) is 9.97 Å². The van der Waals surface area contributed by atoms with E-state index in [1.165, 1.54) is 0 Å². The van der Waals surface area contributed by atoms with Crippen molar-refractivity contribution in [2.45, 2.75) is 38.3 Å². The number of rotatable bonds is 3. The van der Waals surface area contributed by atoms with Gasteiger partial charge in [0.15, 0.2) is 17.2 Å². The summed E-state index contributed by atoms with van der Waals surface area (Å²) in [6.07, 6.45) is -2.43. The Morgan fingerprint density at radius 1 is 1.11 bits per heavy atom. The average molecular weight is 379 g/mol. The van der Waals surface area contributed by atoms with Gasteiger partial charge in [-0.3, -0.25) is 10.1 Å². The van der Waals surface area contributed by atoms with Crippen LogP contribution in [0.3, 0.4) is 0 Å². The number of amides is 1. The van der Waals surface area contributed by atoms with E-state index >= 15 is 0 Å². The van der Waals surface area contributed by atoms with Crippen molar-refractivity contribution in [1.82, 2.24) is 9.97 Å². The molecule has 0 unspecified atom stereocenters. The summed E-state index contributed by atoms with van der Waals surface area (Å²) in [4.78, 5) is 20.0. The Kier molecular flexibility index (Phi) is 4.37. The summed E-state index contributed by atoms with van der Waals surface area (Å²) in [6, 6.07) is 5.04. The summed E-state index contributed by atoms with van der Waals surface area (Å²) in [5.74, 6) is 0.308. The van der Waals surface area contributed by atoms with Crippen LogP contribution in [0, 0.1) is 0 Å². The zero-order valence-electron chi connectivity index (χ0n) is 14.2. The third-order valence-corrected chi connectivity index (χ3v) is 4.50. The highest BCUT2D eigenvalue weighted by atomic mass is 19.4. The highest BCUT2D eigenvalue weighted by Crippen LogP contribution is 2.35. The number of fused-ring (bicyclic) bond motifs is 2. The first kappa shape index (κ1) is 17.6. The van der Waals surface area contributed by atoms with Gasteiger partial charge in [0.25, 0.3) is 0 Å². The second kappa shape index (κ2) is 6.71. The highest BCUT2D eigenvalue weighted by molar-refractivity contribution is 5.90. The van der Waals surface area contributed by atoms with Crippen LogP contribution in [-0.4, -0.2) is 22.7 Å². The second-order valence-electron chi connectivity index (χ2n) is 6.44. The monoisotopic (exact) mass is 379 g/mol. The lowest BCUT2D eigenvalue weighted by molar-refractivity contribution is -0.142. The molecule has 0 spiro atoms. The Balaban J connectivity index is 1.54. The van der Waals surface area contributed by atoms with Gasteiger partial charge < -0.3 is 9.47 Å². The minimum Gasteiger partial charge on any atom is -0.454 e. The van der Waals surface area contributed by atoms with Crippen molar-refractivity contribution in [2.24, 2.45) is 0 Å². The number of carbonyl (C=O) groups excluding carboxylic acids is 1. The predicted molar refractivity (Wildman–Crippen MR) is 88.6 cm³/mol. The molecule has 1 aromatic carbocycles. The maximum absolute atomic E-state index is 13.3. The number of halogens is 3. The molecule has 0 bridgehead atoms. The molecule has 142 valence electrons. The molecule has 2 aromatic rings. The molecule has 1 aromatic heterocycles. The number of nitrogens with one attached hydrogen (secondary N) is 1. The van der Waals surface area contributed by atoms with Crippen molar-refractivity contribution in [3.8, 4) is 11.5 Å². The second-order valence-corrected chi connectivity index (χ2v) is 6.44. The van der Waals surface area contributed by atoms with Gasteiger partial charge in [0.2, 0.25) is 18.6 Å².